The first-order valence-corrected chi connectivity index (χ1v) is 11.0. The van der Waals surface area contributed by atoms with Gasteiger partial charge in [0.2, 0.25) is 0 Å². The highest BCUT2D eigenvalue weighted by Crippen LogP contribution is 2.50. The molecule has 29 heavy (non-hydrogen) atoms. The third-order valence-electron chi connectivity index (χ3n) is 6.76. The molecule has 3 heterocycles. The van der Waals surface area contributed by atoms with Gasteiger partial charge in [-0.2, -0.15) is 5.10 Å². The van der Waals surface area contributed by atoms with E-state index in [1.54, 1.807) is 0 Å². The molecule has 0 radical (unpaired) electrons. The van der Waals surface area contributed by atoms with E-state index in [1.807, 2.05) is 30.9 Å². The van der Waals surface area contributed by atoms with Gasteiger partial charge in [-0.15, -0.1) is 10.2 Å². The molecule has 1 N–H and O–H groups in total. The molecular weight excluding hydrogens is 360 g/mol. The standard InChI is InChI=1S/C23H36N6/c1-17-19(16-28(5)27-17)20-6-7-21(26-25-20)24-18-14-23(15-18)9-12-29(13-10-23)11-8-22(2,3)4/h6-7,16,18H,8-15H2,1-5H3,(H,24,26). The van der Waals surface area contributed by atoms with E-state index in [9.17, 15) is 0 Å². The van der Waals surface area contributed by atoms with Gasteiger partial charge < -0.3 is 10.2 Å². The van der Waals surface area contributed by atoms with Crippen molar-refractivity contribution >= 4 is 5.82 Å². The number of piperidine rings is 1. The summed E-state index contributed by atoms with van der Waals surface area (Å²) in [7, 11) is 1.93. The van der Waals surface area contributed by atoms with E-state index in [-0.39, 0.29) is 0 Å². The SMILES string of the molecule is Cc1nn(C)cc1-c1ccc(NC2CC3(CCN(CCC(C)(C)C)CC3)C2)nn1. The Balaban J connectivity index is 1.24. The maximum atomic E-state index is 4.42. The molecule has 1 aliphatic carbocycles. The van der Waals surface area contributed by atoms with E-state index in [0.29, 0.717) is 16.9 Å². The smallest absolute Gasteiger partial charge is 0.148 e. The molecule has 0 amide bonds. The Hall–Kier alpha value is -1.95. The van der Waals surface area contributed by atoms with Crippen LogP contribution in [-0.4, -0.2) is 50.6 Å². The number of nitrogens with one attached hydrogen (secondary N) is 1. The van der Waals surface area contributed by atoms with Crippen LogP contribution in [0, 0.1) is 17.8 Å². The first-order chi connectivity index (χ1) is 13.7. The topological polar surface area (TPSA) is 58.9 Å². The van der Waals surface area contributed by atoms with Crippen LogP contribution in [0.2, 0.25) is 0 Å². The summed E-state index contributed by atoms with van der Waals surface area (Å²) in [6.45, 7) is 12.8. The predicted molar refractivity (Wildman–Crippen MR) is 118 cm³/mol. The monoisotopic (exact) mass is 396 g/mol. The van der Waals surface area contributed by atoms with Gasteiger partial charge in [0.05, 0.1) is 11.4 Å². The normalized spacial score (nSPS) is 20.0. The van der Waals surface area contributed by atoms with Crippen molar-refractivity contribution in [2.24, 2.45) is 17.9 Å². The second kappa shape index (κ2) is 7.71. The van der Waals surface area contributed by atoms with Crippen LogP contribution in [0.5, 0.6) is 0 Å². The number of hydrogen-bond donors (Lipinski definition) is 1. The Morgan fingerprint density at radius 2 is 1.86 bits per heavy atom. The zero-order valence-electron chi connectivity index (χ0n) is 18.7. The minimum atomic E-state index is 0.437. The van der Waals surface area contributed by atoms with Crippen LogP contribution < -0.4 is 5.32 Å². The highest BCUT2D eigenvalue weighted by atomic mass is 15.3. The summed E-state index contributed by atoms with van der Waals surface area (Å²) >= 11 is 0. The lowest BCUT2D eigenvalue weighted by Gasteiger charge is -2.52. The van der Waals surface area contributed by atoms with Crippen molar-refractivity contribution in [3.05, 3.63) is 24.0 Å². The fraction of sp³-hybridized carbons (Fsp3) is 0.696. The van der Waals surface area contributed by atoms with Crippen molar-refractivity contribution in [2.45, 2.75) is 65.8 Å². The van der Waals surface area contributed by atoms with Gasteiger partial charge in [0.15, 0.2) is 0 Å². The van der Waals surface area contributed by atoms with E-state index >= 15 is 0 Å². The van der Waals surface area contributed by atoms with E-state index in [0.717, 1.165) is 22.8 Å². The number of aryl methyl sites for hydroxylation is 2. The van der Waals surface area contributed by atoms with E-state index in [2.05, 4.69) is 52.4 Å². The van der Waals surface area contributed by atoms with Crippen LogP contribution in [0.4, 0.5) is 5.82 Å². The molecule has 158 valence electrons. The third kappa shape index (κ3) is 4.80. The van der Waals surface area contributed by atoms with Gasteiger partial charge in [-0.3, -0.25) is 4.68 Å². The molecule has 1 saturated carbocycles. The van der Waals surface area contributed by atoms with Gasteiger partial charge in [0.25, 0.3) is 0 Å². The van der Waals surface area contributed by atoms with Gasteiger partial charge in [-0.25, -0.2) is 0 Å². The van der Waals surface area contributed by atoms with Gasteiger partial charge in [0, 0.05) is 24.8 Å². The summed E-state index contributed by atoms with van der Waals surface area (Å²) in [6, 6.07) is 4.63. The van der Waals surface area contributed by atoms with Crippen LogP contribution in [-0.2, 0) is 7.05 Å². The number of anilines is 1. The van der Waals surface area contributed by atoms with Gasteiger partial charge in [-0.1, -0.05) is 20.8 Å². The molecule has 2 aromatic rings. The van der Waals surface area contributed by atoms with E-state index in [1.165, 1.54) is 51.7 Å². The molecule has 0 bridgehead atoms. The van der Waals surface area contributed by atoms with Crippen LogP contribution in [0.1, 0.15) is 58.6 Å². The van der Waals surface area contributed by atoms with Gasteiger partial charge in [0.1, 0.15) is 5.82 Å². The first kappa shape index (κ1) is 20.3. The maximum Gasteiger partial charge on any atom is 0.148 e. The Morgan fingerprint density at radius 3 is 2.41 bits per heavy atom. The number of rotatable bonds is 5. The van der Waals surface area contributed by atoms with Crippen LogP contribution in [0.3, 0.4) is 0 Å². The molecule has 4 rings (SSSR count). The Bertz CT molecular complexity index is 816. The van der Waals surface area contributed by atoms with Crippen molar-refractivity contribution in [2.75, 3.05) is 25.0 Å². The predicted octanol–water partition coefficient (Wildman–Crippen LogP) is 4.28. The van der Waals surface area contributed by atoms with Crippen LogP contribution in [0.25, 0.3) is 11.3 Å². The maximum absolute atomic E-state index is 4.42. The largest absolute Gasteiger partial charge is 0.366 e. The highest BCUT2D eigenvalue weighted by molar-refractivity contribution is 5.61. The zero-order chi connectivity index (χ0) is 20.6. The van der Waals surface area contributed by atoms with E-state index in [4.69, 9.17) is 0 Å². The summed E-state index contributed by atoms with van der Waals surface area (Å²) in [5.41, 5.74) is 3.92. The fourth-order valence-corrected chi connectivity index (χ4v) is 4.85. The Morgan fingerprint density at radius 1 is 1.14 bits per heavy atom. The number of hydrogen-bond acceptors (Lipinski definition) is 5. The average molecular weight is 397 g/mol. The fourth-order valence-electron chi connectivity index (χ4n) is 4.85. The molecule has 2 aromatic heterocycles. The average Bonchev–Trinajstić information content (AvgIpc) is 2.98. The Labute approximate surface area is 175 Å². The minimum Gasteiger partial charge on any atom is -0.366 e. The minimum absolute atomic E-state index is 0.437. The summed E-state index contributed by atoms with van der Waals surface area (Å²) in [5, 5.41) is 16.8. The third-order valence-corrected chi connectivity index (χ3v) is 6.76. The summed E-state index contributed by atoms with van der Waals surface area (Å²) in [6.07, 6.45) is 8.52. The van der Waals surface area contributed by atoms with Crippen molar-refractivity contribution < 1.29 is 0 Å². The molecule has 0 atom stereocenters. The lowest BCUT2D eigenvalue weighted by Crippen LogP contribution is -2.51. The van der Waals surface area contributed by atoms with Crippen LogP contribution in [0.15, 0.2) is 18.3 Å². The lowest BCUT2D eigenvalue weighted by atomic mass is 9.60. The van der Waals surface area contributed by atoms with Gasteiger partial charge in [-0.05, 0) is 81.6 Å². The van der Waals surface area contributed by atoms with Crippen molar-refractivity contribution in [1.82, 2.24) is 24.9 Å². The van der Waals surface area contributed by atoms with Crippen molar-refractivity contribution in [3.8, 4) is 11.3 Å². The second-order valence-electron chi connectivity index (χ2n) is 10.5. The highest BCUT2D eigenvalue weighted by Gasteiger charge is 2.45. The first-order valence-electron chi connectivity index (χ1n) is 11.0. The molecule has 2 fully saturated rings. The summed E-state index contributed by atoms with van der Waals surface area (Å²) < 4.78 is 1.82. The molecule has 1 saturated heterocycles. The zero-order valence-corrected chi connectivity index (χ0v) is 18.7. The molecule has 6 nitrogen and oxygen atoms in total. The number of likely N-dealkylation sites (tertiary alicyclic amines) is 1. The van der Waals surface area contributed by atoms with Crippen molar-refractivity contribution in [1.29, 1.82) is 0 Å². The molecule has 1 spiro atoms. The van der Waals surface area contributed by atoms with Gasteiger partial charge >= 0.3 is 0 Å². The summed E-state index contributed by atoms with van der Waals surface area (Å²) in [4.78, 5) is 2.67. The quantitative estimate of drug-likeness (QED) is 0.817. The molecule has 2 aliphatic rings. The second-order valence-corrected chi connectivity index (χ2v) is 10.5. The molecular formula is C23H36N6. The number of nitrogens with zero attached hydrogens (tertiary/aromatic N) is 5. The molecule has 6 heteroatoms. The van der Waals surface area contributed by atoms with E-state index < -0.39 is 0 Å². The molecule has 0 unspecified atom stereocenters. The summed E-state index contributed by atoms with van der Waals surface area (Å²) in [5.74, 6) is 0.887. The molecule has 0 aromatic carbocycles. The Kier molecular flexibility index (Phi) is 5.40. The number of aromatic nitrogens is 4. The van der Waals surface area contributed by atoms with Crippen LogP contribution >= 0.6 is 0 Å². The lowest BCUT2D eigenvalue weighted by molar-refractivity contribution is 0.0207. The molecule has 1 aliphatic heterocycles. The van der Waals surface area contributed by atoms with Crippen molar-refractivity contribution in [3.63, 3.8) is 0 Å².